The topological polar surface area (TPSA) is 61.4 Å². The number of piperidine rings is 1. The van der Waals surface area contributed by atoms with Crippen LogP contribution in [0, 0.1) is 5.92 Å². The number of aromatic hydroxyl groups is 1. The van der Waals surface area contributed by atoms with E-state index in [0.717, 1.165) is 31.5 Å². The molecule has 0 saturated carbocycles. The zero-order valence-electron chi connectivity index (χ0n) is 11.4. The summed E-state index contributed by atoms with van der Waals surface area (Å²) in [4.78, 5) is 12.0. The maximum atomic E-state index is 12.0. The third kappa shape index (κ3) is 4.24. The van der Waals surface area contributed by atoms with Gasteiger partial charge in [0.15, 0.2) is 0 Å². The van der Waals surface area contributed by atoms with Gasteiger partial charge in [0.2, 0.25) is 5.91 Å². The molecule has 2 rings (SSSR count). The first-order chi connectivity index (χ1) is 9.15. The molecular weight excluding hydrogens is 240 g/mol. The number of phenolic OH excluding ortho intramolecular Hbond substituents is 1. The highest BCUT2D eigenvalue weighted by atomic mass is 16.3. The fourth-order valence-electron chi connectivity index (χ4n) is 2.54. The Labute approximate surface area is 114 Å². The first-order valence-corrected chi connectivity index (χ1v) is 6.94. The molecule has 1 amide bonds. The van der Waals surface area contributed by atoms with Crippen molar-refractivity contribution < 1.29 is 9.90 Å². The number of rotatable bonds is 4. The zero-order chi connectivity index (χ0) is 13.7. The van der Waals surface area contributed by atoms with E-state index in [9.17, 15) is 9.90 Å². The zero-order valence-corrected chi connectivity index (χ0v) is 11.4. The summed E-state index contributed by atoms with van der Waals surface area (Å²) in [6, 6.07) is 6.94. The number of carbonyl (C=O) groups excluding carboxylic acids is 1. The van der Waals surface area contributed by atoms with Gasteiger partial charge in [0.05, 0.1) is 6.04 Å². The third-order valence-corrected chi connectivity index (χ3v) is 3.62. The van der Waals surface area contributed by atoms with Gasteiger partial charge in [-0.3, -0.25) is 4.79 Å². The molecule has 4 heteroatoms. The summed E-state index contributed by atoms with van der Waals surface area (Å²) in [6.45, 7) is 3.94. The van der Waals surface area contributed by atoms with E-state index in [1.165, 1.54) is 0 Å². The molecule has 0 aliphatic carbocycles. The fraction of sp³-hybridized carbons (Fsp3) is 0.533. The van der Waals surface area contributed by atoms with Gasteiger partial charge in [-0.2, -0.15) is 0 Å². The van der Waals surface area contributed by atoms with Crippen LogP contribution in [-0.4, -0.2) is 24.1 Å². The molecule has 3 N–H and O–H groups in total. The molecule has 104 valence electrons. The van der Waals surface area contributed by atoms with E-state index >= 15 is 0 Å². The van der Waals surface area contributed by atoms with Gasteiger partial charge in [-0.15, -0.1) is 0 Å². The van der Waals surface area contributed by atoms with Crippen LogP contribution in [-0.2, 0) is 4.79 Å². The van der Waals surface area contributed by atoms with Crippen molar-refractivity contribution in [2.45, 2.75) is 32.2 Å². The van der Waals surface area contributed by atoms with Crippen LogP contribution in [0.15, 0.2) is 24.3 Å². The van der Waals surface area contributed by atoms with Crippen molar-refractivity contribution in [2.75, 3.05) is 13.1 Å². The van der Waals surface area contributed by atoms with Crippen LogP contribution >= 0.6 is 0 Å². The minimum absolute atomic E-state index is 0.0730. The van der Waals surface area contributed by atoms with Gasteiger partial charge in [0.1, 0.15) is 5.75 Å². The minimum atomic E-state index is -0.0730. The van der Waals surface area contributed by atoms with E-state index < -0.39 is 0 Å². The molecule has 2 atom stereocenters. The van der Waals surface area contributed by atoms with E-state index in [1.54, 1.807) is 18.2 Å². The van der Waals surface area contributed by atoms with Crippen LogP contribution in [0.25, 0.3) is 0 Å². The van der Waals surface area contributed by atoms with Gasteiger partial charge in [-0.05, 0) is 56.5 Å². The van der Waals surface area contributed by atoms with Crippen LogP contribution < -0.4 is 10.6 Å². The molecular formula is C15H22N2O2. The van der Waals surface area contributed by atoms with E-state index in [1.807, 2.05) is 13.0 Å². The van der Waals surface area contributed by atoms with Crippen molar-refractivity contribution in [1.82, 2.24) is 10.6 Å². The molecule has 1 fully saturated rings. The van der Waals surface area contributed by atoms with Crippen molar-refractivity contribution in [3.05, 3.63) is 29.8 Å². The number of hydrogen-bond acceptors (Lipinski definition) is 3. The average molecular weight is 262 g/mol. The van der Waals surface area contributed by atoms with E-state index in [-0.39, 0.29) is 17.7 Å². The second kappa shape index (κ2) is 6.57. The Morgan fingerprint density at radius 2 is 2.42 bits per heavy atom. The fourth-order valence-corrected chi connectivity index (χ4v) is 2.54. The highest BCUT2D eigenvalue weighted by Crippen LogP contribution is 2.19. The summed E-state index contributed by atoms with van der Waals surface area (Å²) in [5.74, 6) is 0.768. The maximum Gasteiger partial charge on any atom is 0.220 e. The molecule has 1 saturated heterocycles. The molecule has 2 unspecified atom stereocenters. The molecule has 1 aliphatic heterocycles. The Bertz CT molecular complexity index is 428. The SMILES string of the molecule is CC(NC(=O)CC1CCCNC1)c1cccc(O)c1. The largest absolute Gasteiger partial charge is 0.508 e. The smallest absolute Gasteiger partial charge is 0.220 e. The van der Waals surface area contributed by atoms with Gasteiger partial charge in [0.25, 0.3) is 0 Å². The van der Waals surface area contributed by atoms with Gasteiger partial charge in [-0.1, -0.05) is 12.1 Å². The number of phenols is 1. The lowest BCUT2D eigenvalue weighted by Crippen LogP contribution is -2.35. The van der Waals surface area contributed by atoms with Crippen molar-refractivity contribution >= 4 is 5.91 Å². The van der Waals surface area contributed by atoms with Crippen molar-refractivity contribution in [3.8, 4) is 5.75 Å². The lowest BCUT2D eigenvalue weighted by atomic mass is 9.95. The summed E-state index contributed by atoms with van der Waals surface area (Å²) < 4.78 is 0. The molecule has 4 nitrogen and oxygen atoms in total. The number of amides is 1. The molecule has 1 aliphatic rings. The van der Waals surface area contributed by atoms with Crippen LogP contribution in [0.2, 0.25) is 0 Å². The monoisotopic (exact) mass is 262 g/mol. The van der Waals surface area contributed by atoms with E-state index in [0.29, 0.717) is 12.3 Å². The molecule has 1 aromatic rings. The predicted octanol–water partition coefficient (Wildman–Crippen LogP) is 1.96. The Kier molecular flexibility index (Phi) is 4.80. The molecule has 1 heterocycles. The number of benzene rings is 1. The first-order valence-electron chi connectivity index (χ1n) is 6.94. The van der Waals surface area contributed by atoms with E-state index in [4.69, 9.17) is 0 Å². The average Bonchev–Trinajstić information content (AvgIpc) is 2.39. The molecule has 0 radical (unpaired) electrons. The number of hydrogen-bond donors (Lipinski definition) is 3. The highest BCUT2D eigenvalue weighted by Gasteiger charge is 2.18. The van der Waals surface area contributed by atoms with Gasteiger partial charge >= 0.3 is 0 Å². The lowest BCUT2D eigenvalue weighted by Gasteiger charge is -2.23. The van der Waals surface area contributed by atoms with Crippen molar-refractivity contribution in [3.63, 3.8) is 0 Å². The van der Waals surface area contributed by atoms with Crippen molar-refractivity contribution in [1.29, 1.82) is 0 Å². The van der Waals surface area contributed by atoms with Crippen LogP contribution in [0.5, 0.6) is 5.75 Å². The van der Waals surface area contributed by atoms with E-state index in [2.05, 4.69) is 10.6 Å². The van der Waals surface area contributed by atoms with Crippen molar-refractivity contribution in [2.24, 2.45) is 5.92 Å². The van der Waals surface area contributed by atoms with Gasteiger partial charge < -0.3 is 15.7 Å². The quantitative estimate of drug-likeness (QED) is 0.777. The maximum absolute atomic E-state index is 12.0. The molecule has 0 bridgehead atoms. The molecule has 1 aromatic carbocycles. The molecule has 0 aromatic heterocycles. The van der Waals surface area contributed by atoms with Crippen LogP contribution in [0.4, 0.5) is 0 Å². The second-order valence-electron chi connectivity index (χ2n) is 5.30. The van der Waals surface area contributed by atoms with Gasteiger partial charge in [0, 0.05) is 6.42 Å². The molecule has 0 spiro atoms. The first kappa shape index (κ1) is 13.9. The van der Waals surface area contributed by atoms with Crippen LogP contribution in [0.3, 0.4) is 0 Å². The summed E-state index contributed by atoms with van der Waals surface area (Å²) >= 11 is 0. The Morgan fingerprint density at radius 1 is 1.58 bits per heavy atom. The number of carbonyl (C=O) groups is 1. The Morgan fingerprint density at radius 3 is 3.11 bits per heavy atom. The second-order valence-corrected chi connectivity index (χ2v) is 5.30. The minimum Gasteiger partial charge on any atom is -0.508 e. The lowest BCUT2D eigenvalue weighted by molar-refractivity contribution is -0.122. The Hall–Kier alpha value is -1.55. The predicted molar refractivity (Wildman–Crippen MR) is 74.9 cm³/mol. The molecule has 19 heavy (non-hydrogen) atoms. The van der Waals surface area contributed by atoms with Gasteiger partial charge in [-0.25, -0.2) is 0 Å². The summed E-state index contributed by atoms with van der Waals surface area (Å²) in [5.41, 5.74) is 0.926. The Balaban J connectivity index is 1.84. The normalized spacial score (nSPS) is 20.8. The highest BCUT2D eigenvalue weighted by molar-refractivity contribution is 5.76. The standard InChI is InChI=1S/C15H22N2O2/c1-11(13-5-2-6-14(18)9-13)17-15(19)8-12-4-3-7-16-10-12/h2,5-6,9,11-12,16,18H,3-4,7-8,10H2,1H3,(H,17,19). The summed E-state index contributed by atoms with van der Waals surface area (Å²) in [6.07, 6.45) is 2.86. The third-order valence-electron chi connectivity index (χ3n) is 3.62. The number of nitrogens with one attached hydrogen (secondary N) is 2. The summed E-state index contributed by atoms with van der Waals surface area (Å²) in [7, 11) is 0. The van der Waals surface area contributed by atoms with Crippen LogP contribution in [0.1, 0.15) is 37.8 Å². The summed E-state index contributed by atoms with van der Waals surface area (Å²) in [5, 5.41) is 15.7.